The molecule has 0 bridgehead atoms. The number of hydrogen-bond acceptors (Lipinski definition) is 10. The molecule has 4 heterocycles. The van der Waals surface area contributed by atoms with E-state index in [4.69, 9.17) is 10.5 Å². The third kappa shape index (κ3) is 2.97. The van der Waals surface area contributed by atoms with E-state index in [2.05, 4.69) is 30.5 Å². The molecular formula is C16H20N8O4. The van der Waals surface area contributed by atoms with Crippen LogP contribution in [0.15, 0.2) is 29.8 Å². The summed E-state index contributed by atoms with van der Waals surface area (Å²) in [5.74, 6) is 0.326. The molecule has 1 saturated heterocycles. The number of fused-ring (bicyclic) bond motifs is 1. The summed E-state index contributed by atoms with van der Waals surface area (Å²) in [6.07, 6.45) is -1.57. The molecule has 0 saturated carbocycles. The van der Waals surface area contributed by atoms with Crippen molar-refractivity contribution in [2.45, 2.75) is 31.5 Å². The maximum Gasteiger partial charge on any atom is 0.228 e. The summed E-state index contributed by atoms with van der Waals surface area (Å²) in [4.78, 5) is 15.5. The first-order chi connectivity index (χ1) is 13.5. The SMILES string of the molecule is C/C(=N\Nc1nc2c(N)ncnc2n1C1OC(CO)C(O)C1O)c1ccc[nH]1. The Labute approximate surface area is 158 Å². The fourth-order valence-corrected chi connectivity index (χ4v) is 3.09. The molecule has 1 aliphatic rings. The van der Waals surface area contributed by atoms with Crippen molar-refractivity contribution in [3.63, 3.8) is 0 Å². The van der Waals surface area contributed by atoms with Crippen LogP contribution >= 0.6 is 0 Å². The molecule has 1 fully saturated rings. The second kappa shape index (κ2) is 7.16. The first kappa shape index (κ1) is 18.3. The van der Waals surface area contributed by atoms with E-state index in [1.165, 1.54) is 10.9 Å². The van der Waals surface area contributed by atoms with E-state index in [9.17, 15) is 15.3 Å². The molecule has 4 rings (SSSR count). The molecule has 28 heavy (non-hydrogen) atoms. The highest BCUT2D eigenvalue weighted by Crippen LogP contribution is 2.35. The highest BCUT2D eigenvalue weighted by atomic mass is 16.6. The van der Waals surface area contributed by atoms with Crippen molar-refractivity contribution in [1.82, 2.24) is 24.5 Å². The molecule has 3 aromatic heterocycles. The Kier molecular flexibility index (Phi) is 4.68. The van der Waals surface area contributed by atoms with Gasteiger partial charge in [-0.2, -0.15) is 5.10 Å². The number of nitrogens with two attached hydrogens (primary N) is 1. The largest absolute Gasteiger partial charge is 0.394 e. The van der Waals surface area contributed by atoms with E-state index in [1.54, 1.807) is 13.1 Å². The number of aliphatic hydroxyl groups excluding tert-OH is 3. The second-order valence-corrected chi connectivity index (χ2v) is 6.36. The zero-order chi connectivity index (χ0) is 19.8. The molecule has 3 aromatic rings. The van der Waals surface area contributed by atoms with Gasteiger partial charge in [-0.3, -0.25) is 4.57 Å². The molecule has 4 unspecified atom stereocenters. The number of nitrogens with one attached hydrogen (secondary N) is 2. The molecule has 148 valence electrons. The van der Waals surface area contributed by atoms with E-state index in [-0.39, 0.29) is 22.9 Å². The lowest BCUT2D eigenvalue weighted by molar-refractivity contribution is -0.0501. The highest BCUT2D eigenvalue weighted by molar-refractivity contribution is 5.97. The van der Waals surface area contributed by atoms with Crippen LogP contribution in [0.5, 0.6) is 0 Å². The van der Waals surface area contributed by atoms with Gasteiger partial charge in [-0.1, -0.05) is 0 Å². The summed E-state index contributed by atoms with van der Waals surface area (Å²) in [7, 11) is 0. The molecule has 7 N–H and O–H groups in total. The van der Waals surface area contributed by atoms with Crippen LogP contribution in [0.2, 0.25) is 0 Å². The van der Waals surface area contributed by atoms with Gasteiger partial charge in [0.2, 0.25) is 5.95 Å². The van der Waals surface area contributed by atoms with Gasteiger partial charge in [-0.05, 0) is 19.1 Å². The Morgan fingerprint density at radius 3 is 2.89 bits per heavy atom. The van der Waals surface area contributed by atoms with Gasteiger partial charge in [0.15, 0.2) is 23.2 Å². The lowest BCUT2D eigenvalue weighted by Crippen LogP contribution is -2.33. The van der Waals surface area contributed by atoms with Crippen LogP contribution in [0.3, 0.4) is 0 Å². The minimum atomic E-state index is -1.32. The number of aromatic amines is 1. The lowest BCUT2D eigenvalue weighted by atomic mass is 10.1. The predicted molar refractivity (Wildman–Crippen MR) is 99.4 cm³/mol. The molecule has 0 spiro atoms. The maximum absolute atomic E-state index is 10.4. The number of ether oxygens (including phenoxy) is 1. The summed E-state index contributed by atoms with van der Waals surface area (Å²) < 4.78 is 7.06. The van der Waals surface area contributed by atoms with E-state index in [1.807, 2.05) is 12.1 Å². The quantitative estimate of drug-likeness (QED) is 0.240. The Morgan fingerprint density at radius 2 is 2.21 bits per heavy atom. The molecule has 1 aliphatic heterocycles. The molecule has 0 aliphatic carbocycles. The van der Waals surface area contributed by atoms with Crippen LogP contribution in [-0.4, -0.2) is 70.5 Å². The number of aromatic nitrogens is 5. The topological polar surface area (TPSA) is 180 Å². The first-order valence-electron chi connectivity index (χ1n) is 8.56. The molecule has 12 nitrogen and oxygen atoms in total. The van der Waals surface area contributed by atoms with E-state index in [0.717, 1.165) is 5.69 Å². The normalized spacial score (nSPS) is 25.5. The van der Waals surface area contributed by atoms with Gasteiger partial charge in [0.1, 0.15) is 24.6 Å². The summed E-state index contributed by atoms with van der Waals surface area (Å²) in [6, 6.07) is 3.71. The fraction of sp³-hybridized carbons (Fsp3) is 0.375. The van der Waals surface area contributed by atoms with Crippen molar-refractivity contribution in [3.05, 3.63) is 30.4 Å². The molecular weight excluding hydrogens is 368 g/mol. The smallest absolute Gasteiger partial charge is 0.228 e. The molecule has 0 amide bonds. The first-order valence-corrected chi connectivity index (χ1v) is 8.56. The van der Waals surface area contributed by atoms with Gasteiger partial charge in [0, 0.05) is 6.20 Å². The van der Waals surface area contributed by atoms with Crippen LogP contribution in [0, 0.1) is 0 Å². The number of nitrogen functional groups attached to an aromatic ring is 1. The number of nitrogens with zero attached hydrogens (tertiary/aromatic N) is 5. The van der Waals surface area contributed by atoms with Crippen LogP contribution in [0.25, 0.3) is 11.2 Å². The van der Waals surface area contributed by atoms with E-state index in [0.29, 0.717) is 5.71 Å². The van der Waals surface area contributed by atoms with Crippen molar-refractivity contribution in [3.8, 4) is 0 Å². The average molecular weight is 388 g/mol. The van der Waals surface area contributed by atoms with E-state index >= 15 is 0 Å². The van der Waals surface area contributed by atoms with Gasteiger partial charge < -0.3 is 30.8 Å². The van der Waals surface area contributed by atoms with Crippen molar-refractivity contribution in [2.75, 3.05) is 17.8 Å². The Hall–Kier alpha value is -3.06. The Balaban J connectivity index is 1.77. The van der Waals surface area contributed by atoms with Gasteiger partial charge >= 0.3 is 0 Å². The monoisotopic (exact) mass is 388 g/mol. The lowest BCUT2D eigenvalue weighted by Gasteiger charge is -2.18. The van der Waals surface area contributed by atoms with E-state index < -0.39 is 31.1 Å². The third-order valence-corrected chi connectivity index (χ3v) is 4.59. The van der Waals surface area contributed by atoms with Crippen LogP contribution < -0.4 is 11.2 Å². The Morgan fingerprint density at radius 1 is 1.39 bits per heavy atom. The molecule has 0 radical (unpaired) electrons. The van der Waals surface area contributed by atoms with Crippen LogP contribution in [-0.2, 0) is 4.74 Å². The van der Waals surface area contributed by atoms with Crippen molar-refractivity contribution in [1.29, 1.82) is 0 Å². The summed E-state index contributed by atoms with van der Waals surface area (Å²) in [6.45, 7) is 1.35. The van der Waals surface area contributed by atoms with Crippen molar-refractivity contribution in [2.24, 2.45) is 5.10 Å². The van der Waals surface area contributed by atoms with Crippen molar-refractivity contribution >= 4 is 28.6 Å². The number of rotatable bonds is 5. The van der Waals surface area contributed by atoms with Gasteiger partial charge in [0.25, 0.3) is 0 Å². The summed E-state index contributed by atoms with van der Waals surface area (Å²) >= 11 is 0. The number of H-pyrrole nitrogens is 1. The number of imidazole rings is 1. The third-order valence-electron chi connectivity index (χ3n) is 4.59. The zero-order valence-electron chi connectivity index (χ0n) is 14.9. The molecule has 12 heteroatoms. The van der Waals surface area contributed by atoms with Crippen LogP contribution in [0.4, 0.5) is 11.8 Å². The van der Waals surface area contributed by atoms with Gasteiger partial charge in [0.05, 0.1) is 18.0 Å². The minimum absolute atomic E-state index is 0.142. The summed E-state index contributed by atoms with van der Waals surface area (Å²) in [5, 5.41) is 34.2. The maximum atomic E-state index is 10.4. The zero-order valence-corrected chi connectivity index (χ0v) is 14.9. The number of anilines is 2. The van der Waals surface area contributed by atoms with Gasteiger partial charge in [-0.25, -0.2) is 20.4 Å². The van der Waals surface area contributed by atoms with Crippen LogP contribution in [0.1, 0.15) is 18.8 Å². The average Bonchev–Trinajstić information content (AvgIpc) is 3.40. The van der Waals surface area contributed by atoms with Gasteiger partial charge in [-0.15, -0.1) is 0 Å². The second-order valence-electron chi connectivity index (χ2n) is 6.36. The molecule has 4 atom stereocenters. The van der Waals surface area contributed by atoms with Crippen molar-refractivity contribution < 1.29 is 20.1 Å². The Bertz CT molecular complexity index is 1000. The number of hydrazone groups is 1. The number of aliphatic hydroxyl groups is 3. The molecule has 0 aromatic carbocycles. The highest BCUT2D eigenvalue weighted by Gasteiger charge is 2.45. The minimum Gasteiger partial charge on any atom is -0.394 e. The number of hydrogen-bond donors (Lipinski definition) is 6. The standard InChI is InChI=1S/C16H20N8O4/c1-7(8-3-2-4-18-8)22-23-16-21-10-13(17)19-6-20-14(10)24(16)15-12(27)11(26)9(5-25)28-15/h2-4,6,9,11-12,15,18,25-27H,5H2,1H3,(H,21,23)(H2,17,19,20)/b22-7+. The predicted octanol–water partition coefficient (Wildman–Crippen LogP) is -0.816. The fourth-order valence-electron chi connectivity index (χ4n) is 3.09. The summed E-state index contributed by atoms with van der Waals surface area (Å²) in [5.41, 5.74) is 10.8.